The molecule has 5 nitrogen and oxygen atoms in total. The standard InChI is InChI=1S/C20H26N2O3/c1-13(2)11-22(20(24)18-5-4-8-25-18)12-16-10-15-9-14(3)6-7-17(15)21-19(16)23/h6-7,9-10,13,18H,4-5,8,11-12H2,1-3H3,(H,21,23)/t18-/m0/s1. The lowest BCUT2D eigenvalue weighted by atomic mass is 10.1. The van der Waals surface area contributed by atoms with E-state index in [0.29, 0.717) is 31.2 Å². The van der Waals surface area contributed by atoms with Gasteiger partial charge in [0.05, 0.1) is 6.54 Å². The van der Waals surface area contributed by atoms with E-state index in [1.54, 1.807) is 4.90 Å². The van der Waals surface area contributed by atoms with Crippen LogP contribution in [0.3, 0.4) is 0 Å². The number of pyridine rings is 1. The summed E-state index contributed by atoms with van der Waals surface area (Å²) in [7, 11) is 0. The highest BCUT2D eigenvalue weighted by Crippen LogP contribution is 2.18. The fraction of sp³-hybridized carbons (Fsp3) is 0.500. The molecule has 1 aliphatic rings. The molecule has 1 fully saturated rings. The number of carbonyl (C=O) groups excluding carboxylic acids is 1. The molecular weight excluding hydrogens is 316 g/mol. The van der Waals surface area contributed by atoms with Gasteiger partial charge < -0.3 is 14.6 Å². The third-order valence-corrected chi connectivity index (χ3v) is 4.54. The van der Waals surface area contributed by atoms with Crippen molar-refractivity contribution in [3.05, 3.63) is 45.7 Å². The number of carbonyl (C=O) groups is 1. The third kappa shape index (κ3) is 4.10. The maximum absolute atomic E-state index is 12.8. The van der Waals surface area contributed by atoms with Gasteiger partial charge in [-0.05, 0) is 49.3 Å². The van der Waals surface area contributed by atoms with Crippen LogP contribution in [0.5, 0.6) is 0 Å². The van der Waals surface area contributed by atoms with Gasteiger partial charge in [-0.1, -0.05) is 25.5 Å². The Morgan fingerprint density at radius 3 is 2.84 bits per heavy atom. The highest BCUT2D eigenvalue weighted by molar-refractivity contribution is 5.82. The first-order valence-corrected chi connectivity index (χ1v) is 8.97. The molecule has 0 radical (unpaired) electrons. The molecule has 0 bridgehead atoms. The monoisotopic (exact) mass is 342 g/mol. The van der Waals surface area contributed by atoms with Crippen molar-refractivity contribution in [2.75, 3.05) is 13.2 Å². The van der Waals surface area contributed by atoms with Crippen LogP contribution in [0.2, 0.25) is 0 Å². The number of aromatic amines is 1. The molecule has 1 amide bonds. The molecule has 1 saturated heterocycles. The molecule has 0 aliphatic carbocycles. The summed E-state index contributed by atoms with van der Waals surface area (Å²) in [6, 6.07) is 7.84. The number of benzene rings is 1. The fourth-order valence-electron chi connectivity index (χ4n) is 3.34. The van der Waals surface area contributed by atoms with Crippen molar-refractivity contribution in [1.29, 1.82) is 0 Å². The van der Waals surface area contributed by atoms with Gasteiger partial charge >= 0.3 is 0 Å². The average molecular weight is 342 g/mol. The van der Waals surface area contributed by atoms with E-state index < -0.39 is 0 Å². The van der Waals surface area contributed by atoms with E-state index in [1.165, 1.54) is 0 Å². The maximum Gasteiger partial charge on any atom is 0.253 e. The lowest BCUT2D eigenvalue weighted by Crippen LogP contribution is -2.41. The molecule has 134 valence electrons. The molecule has 2 aromatic rings. The first kappa shape index (κ1) is 17.7. The Balaban J connectivity index is 1.90. The van der Waals surface area contributed by atoms with Crippen molar-refractivity contribution >= 4 is 16.8 Å². The van der Waals surface area contributed by atoms with Crippen LogP contribution < -0.4 is 5.56 Å². The summed E-state index contributed by atoms with van der Waals surface area (Å²) in [5.41, 5.74) is 2.44. The van der Waals surface area contributed by atoms with Crippen LogP contribution >= 0.6 is 0 Å². The lowest BCUT2D eigenvalue weighted by molar-refractivity contribution is -0.142. The zero-order valence-electron chi connectivity index (χ0n) is 15.2. The molecule has 25 heavy (non-hydrogen) atoms. The summed E-state index contributed by atoms with van der Waals surface area (Å²) in [5, 5.41) is 0.990. The molecule has 1 N–H and O–H groups in total. The summed E-state index contributed by atoms with van der Waals surface area (Å²) in [6.07, 6.45) is 1.32. The van der Waals surface area contributed by atoms with Crippen molar-refractivity contribution in [1.82, 2.24) is 9.88 Å². The van der Waals surface area contributed by atoms with Crippen LogP contribution in [0.1, 0.15) is 37.8 Å². The minimum absolute atomic E-state index is 0.00469. The summed E-state index contributed by atoms with van der Waals surface area (Å²) in [4.78, 5) is 30.0. The van der Waals surface area contributed by atoms with Crippen molar-refractivity contribution in [2.45, 2.75) is 46.3 Å². The van der Waals surface area contributed by atoms with E-state index in [2.05, 4.69) is 18.8 Å². The summed E-state index contributed by atoms with van der Waals surface area (Å²) < 4.78 is 5.55. The maximum atomic E-state index is 12.8. The first-order chi connectivity index (χ1) is 11.9. The van der Waals surface area contributed by atoms with Crippen molar-refractivity contribution < 1.29 is 9.53 Å². The molecule has 5 heteroatoms. The Morgan fingerprint density at radius 1 is 1.36 bits per heavy atom. The molecule has 1 atom stereocenters. The third-order valence-electron chi connectivity index (χ3n) is 4.54. The molecule has 1 aromatic carbocycles. The van der Waals surface area contributed by atoms with Crippen LogP contribution in [0.4, 0.5) is 0 Å². The molecule has 0 saturated carbocycles. The van der Waals surface area contributed by atoms with Crippen molar-refractivity contribution in [3.63, 3.8) is 0 Å². The van der Waals surface area contributed by atoms with Crippen LogP contribution in [0.25, 0.3) is 10.9 Å². The lowest BCUT2D eigenvalue weighted by Gasteiger charge is -2.27. The number of hydrogen-bond acceptors (Lipinski definition) is 3. The van der Waals surface area contributed by atoms with E-state index in [4.69, 9.17) is 4.74 Å². The predicted octanol–water partition coefficient (Wildman–Crippen LogP) is 3.00. The van der Waals surface area contributed by atoms with E-state index in [-0.39, 0.29) is 17.6 Å². The number of amides is 1. The molecule has 0 unspecified atom stereocenters. The zero-order valence-corrected chi connectivity index (χ0v) is 15.2. The van der Waals surface area contributed by atoms with Gasteiger partial charge in [-0.3, -0.25) is 9.59 Å². The smallest absolute Gasteiger partial charge is 0.253 e. The van der Waals surface area contributed by atoms with Gasteiger partial charge in [0, 0.05) is 24.2 Å². The average Bonchev–Trinajstić information content (AvgIpc) is 3.08. The summed E-state index contributed by atoms with van der Waals surface area (Å²) in [5.74, 6) is 0.321. The highest BCUT2D eigenvalue weighted by atomic mass is 16.5. The molecule has 2 heterocycles. The van der Waals surface area contributed by atoms with E-state index in [1.807, 2.05) is 31.2 Å². The van der Waals surface area contributed by atoms with Crippen LogP contribution in [0.15, 0.2) is 29.1 Å². The minimum Gasteiger partial charge on any atom is -0.368 e. The summed E-state index contributed by atoms with van der Waals surface area (Å²) >= 11 is 0. The van der Waals surface area contributed by atoms with Crippen LogP contribution in [-0.2, 0) is 16.1 Å². The second kappa shape index (κ2) is 7.40. The number of aromatic nitrogens is 1. The van der Waals surface area contributed by atoms with Crippen molar-refractivity contribution in [3.8, 4) is 0 Å². The number of hydrogen-bond donors (Lipinski definition) is 1. The normalized spacial score (nSPS) is 17.4. The number of fused-ring (bicyclic) bond motifs is 1. The Hall–Kier alpha value is -2.14. The highest BCUT2D eigenvalue weighted by Gasteiger charge is 2.29. The second-order valence-electron chi connectivity index (χ2n) is 7.33. The Labute approximate surface area is 148 Å². The number of ether oxygens (including phenoxy) is 1. The van der Waals surface area contributed by atoms with E-state index in [9.17, 15) is 9.59 Å². The zero-order chi connectivity index (χ0) is 18.0. The Morgan fingerprint density at radius 2 is 2.16 bits per heavy atom. The quantitative estimate of drug-likeness (QED) is 0.908. The molecule has 1 aromatic heterocycles. The minimum atomic E-state index is -0.361. The number of rotatable bonds is 5. The van der Waals surface area contributed by atoms with Gasteiger partial charge in [0.2, 0.25) is 0 Å². The SMILES string of the molecule is Cc1ccc2[nH]c(=O)c(CN(CC(C)C)C(=O)[C@@H]3CCCO3)cc2c1. The van der Waals surface area contributed by atoms with Gasteiger partial charge in [0.25, 0.3) is 11.5 Å². The van der Waals surface area contributed by atoms with Gasteiger partial charge in [0.15, 0.2) is 0 Å². The number of H-pyrrole nitrogens is 1. The number of aryl methyl sites for hydroxylation is 1. The van der Waals surface area contributed by atoms with Gasteiger partial charge in [-0.25, -0.2) is 0 Å². The van der Waals surface area contributed by atoms with E-state index in [0.717, 1.165) is 29.3 Å². The molecule has 1 aliphatic heterocycles. The van der Waals surface area contributed by atoms with Gasteiger partial charge in [-0.2, -0.15) is 0 Å². The molecule has 0 spiro atoms. The molecular formula is C20H26N2O3. The Bertz CT molecular complexity index is 819. The largest absolute Gasteiger partial charge is 0.368 e. The van der Waals surface area contributed by atoms with E-state index >= 15 is 0 Å². The predicted molar refractivity (Wildman–Crippen MR) is 98.5 cm³/mol. The number of nitrogens with one attached hydrogen (secondary N) is 1. The van der Waals surface area contributed by atoms with Crippen LogP contribution in [0, 0.1) is 12.8 Å². The Kier molecular flexibility index (Phi) is 5.23. The molecule has 3 rings (SSSR count). The second-order valence-corrected chi connectivity index (χ2v) is 7.33. The van der Waals surface area contributed by atoms with Crippen molar-refractivity contribution in [2.24, 2.45) is 5.92 Å². The van der Waals surface area contributed by atoms with Gasteiger partial charge in [-0.15, -0.1) is 0 Å². The first-order valence-electron chi connectivity index (χ1n) is 8.97. The summed E-state index contributed by atoms with van der Waals surface area (Å²) in [6.45, 7) is 7.74. The number of nitrogens with zero attached hydrogens (tertiary/aromatic N) is 1. The topological polar surface area (TPSA) is 62.4 Å². The van der Waals surface area contributed by atoms with Gasteiger partial charge in [0.1, 0.15) is 6.10 Å². The fourth-order valence-corrected chi connectivity index (χ4v) is 3.34. The van der Waals surface area contributed by atoms with Crippen LogP contribution in [-0.4, -0.2) is 35.0 Å².